The van der Waals surface area contributed by atoms with Gasteiger partial charge in [-0.2, -0.15) is 15.0 Å². The van der Waals surface area contributed by atoms with Gasteiger partial charge in [-0.3, -0.25) is 4.79 Å². The van der Waals surface area contributed by atoms with Gasteiger partial charge in [0, 0.05) is 19.8 Å². The highest BCUT2D eigenvalue weighted by Gasteiger charge is 2.17. The smallest absolute Gasteiger partial charge is 0.237 e. The van der Waals surface area contributed by atoms with Gasteiger partial charge in [0.25, 0.3) is 0 Å². The summed E-state index contributed by atoms with van der Waals surface area (Å²) in [5.74, 6) is 1.69. The van der Waals surface area contributed by atoms with Gasteiger partial charge in [-0.1, -0.05) is 18.2 Å². The van der Waals surface area contributed by atoms with Crippen molar-refractivity contribution < 1.29 is 4.79 Å². The van der Waals surface area contributed by atoms with Crippen LogP contribution in [0.25, 0.3) is 0 Å². The van der Waals surface area contributed by atoms with Gasteiger partial charge in [-0.25, -0.2) is 0 Å². The third kappa shape index (κ3) is 5.06. The topological polar surface area (TPSA) is 97.0 Å². The number of amides is 1. The Hall–Kier alpha value is -2.35. The van der Waals surface area contributed by atoms with E-state index in [2.05, 4.69) is 20.3 Å². The molecular formula is C17H24N6OS. The Morgan fingerprint density at radius 1 is 1.24 bits per heavy atom. The fourth-order valence-corrected chi connectivity index (χ4v) is 2.94. The lowest BCUT2D eigenvalue weighted by atomic mass is 10.1. The number of nitrogens with one attached hydrogen (secondary N) is 1. The van der Waals surface area contributed by atoms with E-state index in [1.165, 1.54) is 11.8 Å². The van der Waals surface area contributed by atoms with Crippen LogP contribution in [0.4, 0.5) is 17.6 Å². The van der Waals surface area contributed by atoms with Crippen LogP contribution in [0, 0.1) is 13.8 Å². The zero-order chi connectivity index (χ0) is 18.6. The highest BCUT2D eigenvalue weighted by Crippen LogP contribution is 2.23. The van der Waals surface area contributed by atoms with E-state index in [4.69, 9.17) is 5.73 Å². The maximum absolute atomic E-state index is 12.5. The van der Waals surface area contributed by atoms with Crippen LogP contribution < -0.4 is 16.0 Å². The number of hydrogen-bond acceptors (Lipinski definition) is 7. The Morgan fingerprint density at radius 2 is 1.88 bits per heavy atom. The minimum absolute atomic E-state index is 0.0442. The molecule has 1 heterocycles. The number of aromatic nitrogens is 3. The van der Waals surface area contributed by atoms with Gasteiger partial charge in [0.1, 0.15) is 5.82 Å². The van der Waals surface area contributed by atoms with E-state index >= 15 is 0 Å². The molecule has 3 N–H and O–H groups in total. The lowest BCUT2D eigenvalue weighted by Crippen LogP contribution is -2.24. The van der Waals surface area contributed by atoms with Gasteiger partial charge in [0.2, 0.25) is 17.8 Å². The van der Waals surface area contributed by atoms with E-state index in [-0.39, 0.29) is 17.1 Å². The van der Waals surface area contributed by atoms with Gasteiger partial charge >= 0.3 is 0 Å². The molecule has 0 saturated carbocycles. The minimum Gasteiger partial charge on any atom is -0.368 e. The summed E-state index contributed by atoms with van der Waals surface area (Å²) >= 11 is 1.46. The summed E-state index contributed by atoms with van der Waals surface area (Å²) < 4.78 is 0. The number of benzene rings is 1. The number of carbonyl (C=O) groups excluding carboxylic acids is 1. The van der Waals surface area contributed by atoms with Crippen LogP contribution in [0.1, 0.15) is 23.9 Å². The van der Waals surface area contributed by atoms with Crippen molar-refractivity contribution in [1.82, 2.24) is 15.0 Å². The Labute approximate surface area is 152 Å². The summed E-state index contributed by atoms with van der Waals surface area (Å²) in [5.41, 5.74) is 8.69. The quantitative estimate of drug-likeness (QED) is 0.816. The highest BCUT2D eigenvalue weighted by atomic mass is 32.2. The van der Waals surface area contributed by atoms with Gasteiger partial charge in [0.15, 0.2) is 0 Å². The zero-order valence-electron chi connectivity index (χ0n) is 15.2. The van der Waals surface area contributed by atoms with Gasteiger partial charge in [-0.15, -0.1) is 11.8 Å². The molecule has 1 aromatic carbocycles. The van der Waals surface area contributed by atoms with Crippen molar-refractivity contribution in [3.63, 3.8) is 0 Å². The molecule has 0 spiro atoms. The molecule has 0 radical (unpaired) electrons. The number of aryl methyl sites for hydroxylation is 2. The van der Waals surface area contributed by atoms with Gasteiger partial charge < -0.3 is 16.0 Å². The molecule has 2 aromatic rings. The molecule has 0 bridgehead atoms. The summed E-state index contributed by atoms with van der Waals surface area (Å²) in [7, 11) is 3.68. The number of nitrogens with two attached hydrogens (primary N) is 1. The molecule has 0 aliphatic heterocycles. The first-order valence-electron chi connectivity index (χ1n) is 7.94. The average molecular weight is 360 g/mol. The van der Waals surface area contributed by atoms with E-state index < -0.39 is 0 Å². The van der Waals surface area contributed by atoms with Crippen molar-refractivity contribution in [2.24, 2.45) is 0 Å². The maximum Gasteiger partial charge on any atom is 0.237 e. The summed E-state index contributed by atoms with van der Waals surface area (Å²) in [6, 6.07) is 5.94. The number of hydrogen-bond donors (Lipinski definition) is 2. The number of thioether (sulfide) groups is 1. The van der Waals surface area contributed by atoms with Crippen LogP contribution in [0.15, 0.2) is 18.2 Å². The molecular weight excluding hydrogens is 336 g/mol. The number of nitrogens with zero attached hydrogens (tertiary/aromatic N) is 4. The van der Waals surface area contributed by atoms with Gasteiger partial charge in [0.05, 0.1) is 11.0 Å². The number of carbonyl (C=O) groups is 1. The number of anilines is 3. The zero-order valence-corrected chi connectivity index (χ0v) is 16.0. The van der Waals surface area contributed by atoms with Crippen LogP contribution in [0.2, 0.25) is 0 Å². The number of para-hydroxylation sites is 1. The average Bonchev–Trinajstić information content (AvgIpc) is 2.55. The summed E-state index contributed by atoms with van der Waals surface area (Å²) in [5, 5.41) is 2.76. The van der Waals surface area contributed by atoms with E-state index in [9.17, 15) is 4.79 Å². The monoisotopic (exact) mass is 360 g/mol. The largest absolute Gasteiger partial charge is 0.368 e. The Kier molecular flexibility index (Phi) is 6.19. The van der Waals surface area contributed by atoms with Crippen molar-refractivity contribution in [1.29, 1.82) is 0 Å². The SMILES string of the molecule is Cc1cccc(C)c1NC(=O)C(C)SCc1nc(N)nc(N(C)C)n1. The molecule has 134 valence electrons. The number of nitrogen functional groups attached to an aromatic ring is 1. The summed E-state index contributed by atoms with van der Waals surface area (Å²) in [4.78, 5) is 26.8. The maximum atomic E-state index is 12.5. The predicted molar refractivity (Wildman–Crippen MR) is 104 cm³/mol. The lowest BCUT2D eigenvalue weighted by Gasteiger charge is -2.15. The molecule has 1 atom stereocenters. The summed E-state index contributed by atoms with van der Waals surface area (Å²) in [6.07, 6.45) is 0. The van der Waals surface area contributed by atoms with E-state index in [1.54, 1.807) is 4.90 Å². The standard InChI is InChI=1S/C17H24N6OS/c1-10-7-6-8-11(2)14(10)21-15(24)12(3)25-9-13-19-16(18)22-17(20-13)23(4)5/h6-8,12H,9H2,1-5H3,(H,21,24)(H2,18,19,20,22). The Morgan fingerprint density at radius 3 is 2.48 bits per heavy atom. The van der Waals surface area contributed by atoms with Crippen molar-refractivity contribution >= 4 is 35.3 Å². The van der Waals surface area contributed by atoms with E-state index in [0.29, 0.717) is 17.5 Å². The minimum atomic E-state index is -0.250. The summed E-state index contributed by atoms with van der Waals surface area (Å²) in [6.45, 7) is 5.83. The second kappa shape index (κ2) is 8.15. The van der Waals surface area contributed by atoms with Crippen LogP contribution >= 0.6 is 11.8 Å². The second-order valence-corrected chi connectivity index (χ2v) is 7.34. The molecule has 1 aromatic heterocycles. The fourth-order valence-electron chi connectivity index (χ4n) is 2.20. The van der Waals surface area contributed by atoms with Crippen molar-refractivity contribution in [3.8, 4) is 0 Å². The normalized spacial score (nSPS) is 11.9. The van der Waals surface area contributed by atoms with E-state index in [0.717, 1.165) is 16.8 Å². The lowest BCUT2D eigenvalue weighted by molar-refractivity contribution is -0.115. The molecule has 1 amide bonds. The molecule has 0 fully saturated rings. The fraction of sp³-hybridized carbons (Fsp3) is 0.412. The van der Waals surface area contributed by atoms with Crippen molar-refractivity contribution in [2.75, 3.05) is 30.0 Å². The third-order valence-electron chi connectivity index (χ3n) is 3.65. The highest BCUT2D eigenvalue weighted by molar-refractivity contribution is 7.99. The first-order chi connectivity index (χ1) is 11.8. The Balaban J connectivity index is 2.00. The predicted octanol–water partition coefficient (Wildman–Crippen LogP) is 2.40. The van der Waals surface area contributed by atoms with Crippen LogP contribution in [0.3, 0.4) is 0 Å². The molecule has 25 heavy (non-hydrogen) atoms. The second-order valence-electron chi connectivity index (χ2n) is 6.01. The van der Waals surface area contributed by atoms with Gasteiger partial charge in [-0.05, 0) is 31.9 Å². The number of rotatable bonds is 6. The van der Waals surface area contributed by atoms with Crippen LogP contribution in [-0.4, -0.2) is 40.2 Å². The molecule has 0 saturated heterocycles. The first kappa shape index (κ1) is 19.0. The molecule has 2 rings (SSSR count). The van der Waals surface area contributed by atoms with Crippen LogP contribution in [0.5, 0.6) is 0 Å². The van der Waals surface area contributed by atoms with E-state index in [1.807, 2.05) is 53.1 Å². The molecule has 0 aliphatic rings. The first-order valence-corrected chi connectivity index (χ1v) is 8.99. The molecule has 1 unspecified atom stereocenters. The van der Waals surface area contributed by atoms with Crippen LogP contribution in [-0.2, 0) is 10.5 Å². The van der Waals surface area contributed by atoms with Crippen molar-refractivity contribution in [3.05, 3.63) is 35.2 Å². The molecule has 0 aliphatic carbocycles. The third-order valence-corrected chi connectivity index (χ3v) is 4.79. The molecule has 8 heteroatoms. The van der Waals surface area contributed by atoms with Crippen molar-refractivity contribution in [2.45, 2.75) is 31.8 Å². The Bertz CT molecular complexity index is 745. The molecule has 7 nitrogen and oxygen atoms in total.